The lowest BCUT2D eigenvalue weighted by Crippen LogP contribution is -2.36. The third-order valence-corrected chi connectivity index (χ3v) is 4.17. The Kier molecular flexibility index (Phi) is 4.81. The molecule has 0 aliphatic heterocycles. The lowest BCUT2D eigenvalue weighted by Gasteiger charge is -2.15. The Morgan fingerprint density at radius 3 is 2.80 bits per heavy atom. The third kappa shape index (κ3) is 3.69. The summed E-state index contributed by atoms with van der Waals surface area (Å²) in [7, 11) is 0. The molecular formula is C19H23N5O. The molecule has 0 aliphatic carbocycles. The number of carbonyl (C=O) groups excluding carboxylic acids is 1. The molecule has 6 heteroatoms. The summed E-state index contributed by atoms with van der Waals surface area (Å²) in [5.74, 6) is 0.684. The molecule has 3 aromatic heterocycles. The van der Waals surface area contributed by atoms with Gasteiger partial charge in [0.05, 0.1) is 6.04 Å². The molecule has 6 nitrogen and oxygen atoms in total. The van der Waals surface area contributed by atoms with E-state index in [2.05, 4.69) is 20.3 Å². The number of rotatable bonds is 5. The van der Waals surface area contributed by atoms with Gasteiger partial charge in [-0.1, -0.05) is 13.8 Å². The lowest BCUT2D eigenvalue weighted by atomic mass is 10.0. The van der Waals surface area contributed by atoms with Crippen LogP contribution < -0.4 is 11.1 Å². The Balaban J connectivity index is 1.84. The average molecular weight is 337 g/mol. The molecule has 0 fully saturated rings. The lowest BCUT2D eigenvalue weighted by molar-refractivity contribution is -0.117. The van der Waals surface area contributed by atoms with Crippen molar-refractivity contribution < 1.29 is 4.79 Å². The summed E-state index contributed by atoms with van der Waals surface area (Å²) < 4.78 is 0. The van der Waals surface area contributed by atoms with Crippen molar-refractivity contribution in [2.45, 2.75) is 33.2 Å². The van der Waals surface area contributed by atoms with Crippen LogP contribution in [0.3, 0.4) is 0 Å². The second-order valence-electron chi connectivity index (χ2n) is 6.71. The zero-order valence-corrected chi connectivity index (χ0v) is 14.7. The average Bonchev–Trinajstić information content (AvgIpc) is 3.03. The van der Waals surface area contributed by atoms with Gasteiger partial charge < -0.3 is 16.0 Å². The standard InChI is InChI=1S/C19H23N5O/c1-11(2)8-16(20)19(25)24-17-9-12(3)15(10-23-17)13-4-6-21-18-14(13)5-7-22-18/h4-7,9-11,16H,8,20H2,1-3H3,(H,21,22)(H,23,24,25)/t16-/m1/s1. The number of aromatic amines is 1. The molecule has 25 heavy (non-hydrogen) atoms. The summed E-state index contributed by atoms with van der Waals surface area (Å²) in [6.07, 6.45) is 6.06. The Bertz CT molecular complexity index is 900. The minimum absolute atomic E-state index is 0.203. The van der Waals surface area contributed by atoms with Gasteiger partial charge in [0.15, 0.2) is 0 Å². The van der Waals surface area contributed by atoms with Crippen LogP contribution in [0.4, 0.5) is 5.82 Å². The van der Waals surface area contributed by atoms with E-state index in [1.807, 2.05) is 45.2 Å². The maximum atomic E-state index is 12.2. The second kappa shape index (κ2) is 7.03. The molecular weight excluding hydrogens is 314 g/mol. The third-order valence-electron chi connectivity index (χ3n) is 4.17. The molecule has 130 valence electrons. The number of aryl methyl sites for hydroxylation is 1. The van der Waals surface area contributed by atoms with Crippen LogP contribution in [0.2, 0.25) is 0 Å². The minimum atomic E-state index is -0.526. The van der Waals surface area contributed by atoms with Crippen molar-refractivity contribution in [1.29, 1.82) is 0 Å². The first-order chi connectivity index (χ1) is 12.0. The first kappa shape index (κ1) is 17.1. The van der Waals surface area contributed by atoms with Crippen LogP contribution in [0.5, 0.6) is 0 Å². The van der Waals surface area contributed by atoms with Gasteiger partial charge in [-0.2, -0.15) is 0 Å². The van der Waals surface area contributed by atoms with Crippen molar-refractivity contribution in [1.82, 2.24) is 15.0 Å². The summed E-state index contributed by atoms with van der Waals surface area (Å²) in [5.41, 5.74) is 9.86. The predicted molar refractivity (Wildman–Crippen MR) is 100 cm³/mol. The second-order valence-corrected chi connectivity index (χ2v) is 6.71. The number of pyridine rings is 2. The largest absolute Gasteiger partial charge is 0.346 e. The van der Waals surface area contributed by atoms with Crippen molar-refractivity contribution in [3.05, 3.63) is 42.4 Å². The fourth-order valence-electron chi connectivity index (χ4n) is 2.94. The number of hydrogen-bond acceptors (Lipinski definition) is 4. The van der Waals surface area contributed by atoms with E-state index in [0.717, 1.165) is 27.7 Å². The van der Waals surface area contributed by atoms with Crippen LogP contribution in [-0.4, -0.2) is 26.9 Å². The number of carbonyl (C=O) groups is 1. The molecule has 0 aromatic carbocycles. The molecule has 0 saturated heterocycles. The van der Waals surface area contributed by atoms with Crippen LogP contribution in [-0.2, 0) is 4.79 Å². The molecule has 3 rings (SSSR count). The zero-order valence-electron chi connectivity index (χ0n) is 14.7. The highest BCUT2D eigenvalue weighted by atomic mass is 16.2. The summed E-state index contributed by atoms with van der Waals surface area (Å²) in [5, 5.41) is 3.85. The van der Waals surface area contributed by atoms with Crippen LogP contribution in [0.25, 0.3) is 22.2 Å². The van der Waals surface area contributed by atoms with E-state index in [1.54, 1.807) is 12.4 Å². The topological polar surface area (TPSA) is 96.7 Å². The molecule has 1 amide bonds. The number of nitrogens with zero attached hydrogens (tertiary/aromatic N) is 2. The number of aromatic nitrogens is 3. The van der Waals surface area contributed by atoms with Gasteiger partial charge in [0.2, 0.25) is 5.91 Å². The molecule has 0 bridgehead atoms. The van der Waals surface area contributed by atoms with Crippen molar-refractivity contribution in [2.75, 3.05) is 5.32 Å². The van der Waals surface area contributed by atoms with E-state index < -0.39 is 6.04 Å². The maximum Gasteiger partial charge on any atom is 0.242 e. The first-order valence-electron chi connectivity index (χ1n) is 8.41. The van der Waals surface area contributed by atoms with Crippen LogP contribution >= 0.6 is 0 Å². The highest BCUT2D eigenvalue weighted by Gasteiger charge is 2.16. The number of fused-ring (bicyclic) bond motifs is 1. The minimum Gasteiger partial charge on any atom is -0.346 e. The van der Waals surface area contributed by atoms with Gasteiger partial charge >= 0.3 is 0 Å². The fraction of sp³-hybridized carbons (Fsp3) is 0.316. The van der Waals surface area contributed by atoms with Crippen molar-refractivity contribution in [3.63, 3.8) is 0 Å². The zero-order chi connectivity index (χ0) is 18.0. The number of anilines is 1. The Hall–Kier alpha value is -2.73. The fourth-order valence-corrected chi connectivity index (χ4v) is 2.94. The highest BCUT2D eigenvalue weighted by molar-refractivity contribution is 5.95. The molecule has 0 aliphatic rings. The van der Waals surface area contributed by atoms with Crippen molar-refractivity contribution in [3.8, 4) is 11.1 Å². The van der Waals surface area contributed by atoms with E-state index >= 15 is 0 Å². The summed E-state index contributed by atoms with van der Waals surface area (Å²) in [6.45, 7) is 6.08. The van der Waals surface area contributed by atoms with Crippen molar-refractivity contribution >= 4 is 22.8 Å². The van der Waals surface area contributed by atoms with E-state index in [1.165, 1.54) is 0 Å². The van der Waals surface area contributed by atoms with Gasteiger partial charge in [0, 0.05) is 29.5 Å². The number of nitrogens with two attached hydrogens (primary N) is 1. The van der Waals surface area contributed by atoms with Gasteiger partial charge in [-0.05, 0) is 48.6 Å². The Morgan fingerprint density at radius 1 is 1.28 bits per heavy atom. The first-order valence-corrected chi connectivity index (χ1v) is 8.41. The van der Waals surface area contributed by atoms with E-state index in [0.29, 0.717) is 18.2 Å². The van der Waals surface area contributed by atoms with Crippen LogP contribution in [0.1, 0.15) is 25.8 Å². The van der Waals surface area contributed by atoms with Gasteiger partial charge in [0.1, 0.15) is 11.5 Å². The van der Waals surface area contributed by atoms with Gasteiger partial charge in [-0.25, -0.2) is 9.97 Å². The summed E-state index contributed by atoms with van der Waals surface area (Å²) >= 11 is 0. The molecule has 3 aromatic rings. The smallest absolute Gasteiger partial charge is 0.242 e. The Morgan fingerprint density at radius 2 is 2.08 bits per heavy atom. The number of H-pyrrole nitrogens is 1. The molecule has 0 spiro atoms. The van der Waals surface area contributed by atoms with Gasteiger partial charge in [0.25, 0.3) is 0 Å². The van der Waals surface area contributed by atoms with Gasteiger partial charge in [-0.3, -0.25) is 4.79 Å². The number of amides is 1. The van der Waals surface area contributed by atoms with E-state index in [-0.39, 0.29) is 5.91 Å². The van der Waals surface area contributed by atoms with Gasteiger partial charge in [-0.15, -0.1) is 0 Å². The molecule has 4 N–H and O–H groups in total. The predicted octanol–water partition coefficient (Wildman–Crippen LogP) is 3.25. The van der Waals surface area contributed by atoms with Crippen LogP contribution in [0, 0.1) is 12.8 Å². The monoisotopic (exact) mass is 337 g/mol. The molecule has 3 heterocycles. The molecule has 0 unspecified atom stereocenters. The van der Waals surface area contributed by atoms with E-state index in [9.17, 15) is 4.79 Å². The number of nitrogens with one attached hydrogen (secondary N) is 2. The maximum absolute atomic E-state index is 12.2. The normalized spacial score (nSPS) is 12.5. The molecule has 0 radical (unpaired) electrons. The molecule has 0 saturated carbocycles. The van der Waals surface area contributed by atoms with Crippen molar-refractivity contribution in [2.24, 2.45) is 11.7 Å². The summed E-state index contributed by atoms with van der Waals surface area (Å²) in [4.78, 5) is 24.0. The number of hydrogen-bond donors (Lipinski definition) is 3. The van der Waals surface area contributed by atoms with Crippen LogP contribution in [0.15, 0.2) is 36.8 Å². The van der Waals surface area contributed by atoms with E-state index in [4.69, 9.17) is 5.73 Å². The quantitative estimate of drug-likeness (QED) is 0.666. The Labute approximate surface area is 146 Å². The SMILES string of the molecule is Cc1cc(NC(=O)[C@H](N)CC(C)C)ncc1-c1ccnc2[nH]ccc12. The highest BCUT2D eigenvalue weighted by Crippen LogP contribution is 2.29. The molecule has 1 atom stereocenters. The summed E-state index contributed by atoms with van der Waals surface area (Å²) in [6, 6.07) is 5.31.